The van der Waals surface area contributed by atoms with Crippen molar-refractivity contribution >= 4 is 29.1 Å². The van der Waals surface area contributed by atoms with Gasteiger partial charge in [0.1, 0.15) is 0 Å². The topological polar surface area (TPSA) is 47.6 Å². The molecule has 1 aliphatic heterocycles. The zero-order chi connectivity index (χ0) is 18.1. The van der Waals surface area contributed by atoms with Crippen molar-refractivity contribution in [3.8, 4) is 0 Å². The van der Waals surface area contributed by atoms with Crippen molar-refractivity contribution in [3.63, 3.8) is 0 Å². The fourth-order valence-electron chi connectivity index (χ4n) is 2.61. The van der Waals surface area contributed by atoms with Crippen LogP contribution in [0, 0.1) is 0 Å². The first-order chi connectivity index (χ1) is 11.8. The lowest BCUT2D eigenvalue weighted by Crippen LogP contribution is -2.41. The second-order valence-electron chi connectivity index (χ2n) is 7.28. The minimum absolute atomic E-state index is 0.0521. The molecule has 0 aliphatic carbocycles. The van der Waals surface area contributed by atoms with Gasteiger partial charge in [-0.3, -0.25) is 4.79 Å². The van der Waals surface area contributed by atoms with Crippen molar-refractivity contribution < 1.29 is 14.1 Å². The summed E-state index contributed by atoms with van der Waals surface area (Å²) >= 11 is 1.42. The molecule has 132 valence electrons. The molecule has 1 aromatic carbocycles. The Morgan fingerprint density at radius 2 is 1.68 bits per heavy atom. The lowest BCUT2D eigenvalue weighted by molar-refractivity contribution is 0.00578. The first-order valence-corrected chi connectivity index (χ1v) is 9.38. The number of benzene rings is 1. The van der Waals surface area contributed by atoms with E-state index in [1.165, 1.54) is 16.9 Å². The SMILES string of the molecule is CC1(C)OB(c2ccc(C(=O)NCCc3ccccc3)s2)OC1(C)C. The number of hydrogen-bond donors (Lipinski definition) is 1. The lowest BCUT2D eigenvalue weighted by Gasteiger charge is -2.32. The number of nitrogens with one attached hydrogen (secondary N) is 1. The quantitative estimate of drug-likeness (QED) is 0.837. The molecule has 0 spiro atoms. The van der Waals surface area contributed by atoms with Crippen LogP contribution in [0.5, 0.6) is 0 Å². The number of thiophene rings is 1. The van der Waals surface area contributed by atoms with Gasteiger partial charge >= 0.3 is 7.12 Å². The van der Waals surface area contributed by atoms with Crippen LogP contribution in [0.15, 0.2) is 42.5 Å². The molecule has 1 N–H and O–H groups in total. The van der Waals surface area contributed by atoms with Gasteiger partial charge in [0.2, 0.25) is 0 Å². The van der Waals surface area contributed by atoms with Gasteiger partial charge < -0.3 is 14.6 Å². The second-order valence-corrected chi connectivity index (χ2v) is 8.40. The van der Waals surface area contributed by atoms with E-state index in [9.17, 15) is 4.79 Å². The molecule has 1 saturated heterocycles. The van der Waals surface area contributed by atoms with Crippen molar-refractivity contribution in [1.29, 1.82) is 0 Å². The van der Waals surface area contributed by atoms with Gasteiger partial charge in [-0.25, -0.2) is 0 Å². The minimum atomic E-state index is -0.416. The van der Waals surface area contributed by atoms with Crippen molar-refractivity contribution in [2.75, 3.05) is 6.54 Å². The summed E-state index contributed by atoms with van der Waals surface area (Å²) in [7, 11) is -0.416. The van der Waals surface area contributed by atoms with E-state index < -0.39 is 7.12 Å². The van der Waals surface area contributed by atoms with Crippen LogP contribution in [-0.2, 0) is 15.7 Å². The van der Waals surface area contributed by atoms with Crippen LogP contribution in [0.25, 0.3) is 0 Å². The van der Waals surface area contributed by atoms with Crippen molar-refractivity contribution in [1.82, 2.24) is 5.32 Å². The molecule has 2 heterocycles. The molecule has 25 heavy (non-hydrogen) atoms. The van der Waals surface area contributed by atoms with E-state index in [-0.39, 0.29) is 17.1 Å². The number of hydrogen-bond acceptors (Lipinski definition) is 4. The Labute approximate surface area is 153 Å². The van der Waals surface area contributed by atoms with Gasteiger partial charge in [-0.2, -0.15) is 0 Å². The summed E-state index contributed by atoms with van der Waals surface area (Å²) in [6.45, 7) is 8.72. The van der Waals surface area contributed by atoms with Crippen LogP contribution in [0.4, 0.5) is 0 Å². The van der Waals surface area contributed by atoms with Crippen LogP contribution in [-0.4, -0.2) is 30.8 Å². The highest BCUT2D eigenvalue weighted by atomic mass is 32.1. The van der Waals surface area contributed by atoms with Crippen molar-refractivity contribution in [3.05, 3.63) is 52.9 Å². The number of carbonyl (C=O) groups excluding carboxylic acids is 1. The van der Waals surface area contributed by atoms with Crippen LogP contribution in [0.2, 0.25) is 0 Å². The average molecular weight is 357 g/mol. The fraction of sp³-hybridized carbons (Fsp3) is 0.421. The summed E-state index contributed by atoms with van der Waals surface area (Å²) in [4.78, 5) is 13.0. The van der Waals surface area contributed by atoms with Gasteiger partial charge in [0.05, 0.1) is 16.1 Å². The molecule has 3 rings (SSSR count). The van der Waals surface area contributed by atoms with Crippen LogP contribution >= 0.6 is 11.3 Å². The smallest absolute Gasteiger partial charge is 0.399 e. The van der Waals surface area contributed by atoms with Crippen LogP contribution < -0.4 is 10.1 Å². The summed E-state index contributed by atoms with van der Waals surface area (Å²) < 4.78 is 13.0. The lowest BCUT2D eigenvalue weighted by atomic mass is 9.88. The average Bonchev–Trinajstić information content (AvgIpc) is 3.12. The van der Waals surface area contributed by atoms with E-state index in [1.807, 2.05) is 58.0 Å². The Morgan fingerprint density at radius 1 is 1.04 bits per heavy atom. The molecule has 0 saturated carbocycles. The monoisotopic (exact) mass is 357 g/mol. The van der Waals surface area contributed by atoms with E-state index in [0.29, 0.717) is 11.4 Å². The van der Waals surface area contributed by atoms with Gasteiger partial charge in [0.25, 0.3) is 5.91 Å². The molecule has 0 atom stereocenters. The Bertz CT molecular complexity index is 726. The minimum Gasteiger partial charge on any atom is -0.399 e. The molecule has 0 bridgehead atoms. The molecule has 6 heteroatoms. The Balaban J connectivity index is 1.57. The van der Waals surface area contributed by atoms with Crippen LogP contribution in [0.3, 0.4) is 0 Å². The summed E-state index contributed by atoms with van der Waals surface area (Å²) in [5.74, 6) is -0.0521. The molecule has 0 radical (unpaired) electrons. The summed E-state index contributed by atoms with van der Waals surface area (Å²) in [6, 6.07) is 13.9. The molecule has 1 aliphatic rings. The van der Waals surface area contributed by atoms with Gasteiger partial charge in [0.15, 0.2) is 0 Å². The fourth-order valence-corrected chi connectivity index (χ4v) is 3.50. The number of amides is 1. The summed E-state index contributed by atoms with van der Waals surface area (Å²) in [5.41, 5.74) is 0.464. The molecule has 2 aromatic rings. The first kappa shape index (κ1) is 18.2. The Kier molecular flexibility index (Phi) is 5.05. The predicted molar refractivity (Wildman–Crippen MR) is 103 cm³/mol. The zero-order valence-electron chi connectivity index (χ0n) is 15.2. The highest BCUT2D eigenvalue weighted by molar-refractivity contribution is 7.23. The van der Waals surface area contributed by atoms with Crippen molar-refractivity contribution in [2.24, 2.45) is 0 Å². The van der Waals surface area contributed by atoms with Gasteiger partial charge in [0, 0.05) is 11.3 Å². The maximum atomic E-state index is 12.3. The maximum absolute atomic E-state index is 12.3. The number of carbonyl (C=O) groups is 1. The van der Waals surface area contributed by atoms with E-state index in [0.717, 1.165) is 11.2 Å². The standard InChI is InChI=1S/C19H24BNO3S/c1-18(2)19(3,4)24-20(23-18)16-11-10-15(25-16)17(22)21-13-12-14-8-6-5-7-9-14/h5-11H,12-13H2,1-4H3,(H,21,22). The highest BCUT2D eigenvalue weighted by Crippen LogP contribution is 2.36. The molecule has 4 nitrogen and oxygen atoms in total. The second kappa shape index (κ2) is 6.94. The first-order valence-electron chi connectivity index (χ1n) is 8.56. The van der Waals surface area contributed by atoms with E-state index >= 15 is 0 Å². The summed E-state index contributed by atoms with van der Waals surface area (Å²) in [5, 5.41) is 2.97. The molecular weight excluding hydrogens is 333 g/mol. The third-order valence-electron chi connectivity index (χ3n) is 4.88. The molecule has 1 aromatic heterocycles. The summed E-state index contributed by atoms with van der Waals surface area (Å²) in [6.07, 6.45) is 0.821. The molecule has 1 fully saturated rings. The van der Waals surface area contributed by atoms with Gasteiger partial charge in [-0.15, -0.1) is 11.3 Å². The van der Waals surface area contributed by atoms with Crippen molar-refractivity contribution in [2.45, 2.75) is 45.3 Å². The Morgan fingerprint density at radius 3 is 2.32 bits per heavy atom. The molecule has 0 unspecified atom stereocenters. The van der Waals surface area contributed by atoms with Crippen LogP contribution in [0.1, 0.15) is 42.9 Å². The highest BCUT2D eigenvalue weighted by Gasteiger charge is 2.52. The van der Waals surface area contributed by atoms with Gasteiger partial charge in [-0.1, -0.05) is 36.4 Å². The maximum Gasteiger partial charge on any atom is 0.505 e. The third kappa shape index (κ3) is 3.97. The van der Waals surface area contributed by atoms with E-state index in [4.69, 9.17) is 9.31 Å². The third-order valence-corrected chi connectivity index (χ3v) is 5.98. The van der Waals surface area contributed by atoms with Gasteiger partial charge in [-0.05, 0) is 45.7 Å². The predicted octanol–water partition coefficient (Wildman–Crippen LogP) is 3.02. The van der Waals surface area contributed by atoms with E-state index in [2.05, 4.69) is 17.4 Å². The Hall–Kier alpha value is -1.63. The number of rotatable bonds is 5. The molecular formula is C19H24BNO3S. The normalized spacial score (nSPS) is 18.3. The van der Waals surface area contributed by atoms with E-state index in [1.54, 1.807) is 0 Å². The largest absolute Gasteiger partial charge is 0.505 e. The molecule has 1 amide bonds. The zero-order valence-corrected chi connectivity index (χ0v) is 16.0.